The Labute approximate surface area is 352 Å². The van der Waals surface area contributed by atoms with Gasteiger partial charge in [0.05, 0.1) is 17.8 Å². The summed E-state index contributed by atoms with van der Waals surface area (Å²) in [5.74, 6) is -0.369. The van der Waals surface area contributed by atoms with Gasteiger partial charge < -0.3 is 38.3 Å². The molecule has 4 unspecified atom stereocenters. The van der Waals surface area contributed by atoms with E-state index in [1.807, 2.05) is 129 Å². The molecule has 0 spiro atoms. The van der Waals surface area contributed by atoms with Crippen LogP contribution in [0.3, 0.4) is 0 Å². The number of aliphatic hydroxyl groups is 1. The third-order valence-electron chi connectivity index (χ3n) is 11.4. The normalized spacial score (nSPS) is 23.5. The first-order chi connectivity index (χ1) is 29.0. The molecule has 3 aliphatic heterocycles. The third kappa shape index (κ3) is 10.1. The molecule has 10 heteroatoms. The van der Waals surface area contributed by atoms with Crippen LogP contribution in [-0.2, 0) is 61.2 Å². The summed E-state index contributed by atoms with van der Waals surface area (Å²) in [5.41, 5.74) is 3.91. The van der Waals surface area contributed by atoms with Crippen molar-refractivity contribution in [2.24, 2.45) is 5.92 Å². The molecule has 7 atom stereocenters. The molecule has 5 aromatic carbocycles. The van der Waals surface area contributed by atoms with Crippen molar-refractivity contribution in [1.82, 2.24) is 4.90 Å². The van der Waals surface area contributed by atoms with Crippen molar-refractivity contribution in [3.8, 4) is 11.5 Å². The maximum atomic E-state index is 14.8. The summed E-state index contributed by atoms with van der Waals surface area (Å²) in [5, 5.41) is 11.1. The summed E-state index contributed by atoms with van der Waals surface area (Å²) < 4.78 is 44.2. The van der Waals surface area contributed by atoms with Crippen LogP contribution in [-0.4, -0.2) is 70.7 Å². The summed E-state index contributed by atoms with van der Waals surface area (Å²) in [7, 11) is 0. The van der Waals surface area contributed by atoms with Crippen molar-refractivity contribution >= 4 is 5.97 Å². The summed E-state index contributed by atoms with van der Waals surface area (Å²) in [6.45, 7) is 8.77. The standard InChI is InChI=1S/C50H55NO9/c1-49(2,53)46-43-42(57-48-45(44(43)58-46)59-50(3,4)60-48)33-56-47(52)39(51(29-34-17-9-5-10-18-34)30-35-19-11-6-12-20-35)27-38-25-26-40(54-31-36-21-13-7-14-22-36)41(28-38)55-32-37-23-15-8-16-24-37/h5-26,28,39,42-46,48,53H,27,29-33H2,1-4H3/t39-,42?,43-,44?,45?,46?,48+/m0/s1. The lowest BCUT2D eigenvalue weighted by Crippen LogP contribution is -2.71. The number of carbonyl (C=O) groups is 1. The highest BCUT2D eigenvalue weighted by molar-refractivity contribution is 5.76. The van der Waals surface area contributed by atoms with Gasteiger partial charge in [-0.3, -0.25) is 9.69 Å². The first-order valence-corrected chi connectivity index (χ1v) is 20.8. The van der Waals surface area contributed by atoms with Crippen molar-refractivity contribution < 1.29 is 43.1 Å². The van der Waals surface area contributed by atoms with Gasteiger partial charge in [0.2, 0.25) is 0 Å². The highest BCUT2D eigenvalue weighted by atomic mass is 16.8. The van der Waals surface area contributed by atoms with Gasteiger partial charge >= 0.3 is 5.97 Å². The molecular formula is C50H55NO9. The van der Waals surface area contributed by atoms with Crippen LogP contribution in [0.15, 0.2) is 140 Å². The van der Waals surface area contributed by atoms with Crippen LogP contribution < -0.4 is 9.47 Å². The zero-order chi connectivity index (χ0) is 41.7. The first-order valence-electron chi connectivity index (χ1n) is 20.8. The second kappa shape index (κ2) is 18.3. The minimum Gasteiger partial charge on any atom is -0.485 e. The SMILES string of the molecule is CC1(C)OC2C3OC(C(C)(C)O)[C@H]3C(COC(=O)[C@H](Cc3ccc(OCc4ccccc4)c(OCc4ccccc4)c3)N(Cc3ccccc3)Cc3ccccc3)O[C@@H]2O1. The van der Waals surface area contributed by atoms with Crippen LogP contribution in [0.1, 0.15) is 55.5 Å². The van der Waals surface area contributed by atoms with E-state index in [4.69, 9.17) is 33.2 Å². The first kappa shape index (κ1) is 41.7. The average molecular weight is 814 g/mol. The number of hydrogen-bond acceptors (Lipinski definition) is 10. The highest BCUT2D eigenvalue weighted by Crippen LogP contribution is 2.49. The minimum atomic E-state index is -1.16. The summed E-state index contributed by atoms with van der Waals surface area (Å²) in [4.78, 5) is 17.0. The van der Waals surface area contributed by atoms with Gasteiger partial charge in [-0.05, 0) is 74.1 Å². The molecule has 8 rings (SSSR count). The number of ether oxygens (including phenoxy) is 7. The van der Waals surface area contributed by atoms with Crippen LogP contribution >= 0.6 is 0 Å². The molecule has 0 radical (unpaired) electrons. The molecule has 3 heterocycles. The summed E-state index contributed by atoms with van der Waals surface area (Å²) >= 11 is 0. The molecular weight excluding hydrogens is 759 g/mol. The van der Waals surface area contributed by atoms with Crippen LogP contribution in [0.5, 0.6) is 11.5 Å². The van der Waals surface area contributed by atoms with E-state index < -0.39 is 48.0 Å². The molecule has 0 aliphatic carbocycles. The van der Waals surface area contributed by atoms with Gasteiger partial charge in [0.1, 0.15) is 38.1 Å². The number of carbonyl (C=O) groups excluding carboxylic acids is 1. The molecule has 0 aromatic heterocycles. The van der Waals surface area contributed by atoms with Crippen molar-refractivity contribution in [3.63, 3.8) is 0 Å². The van der Waals surface area contributed by atoms with Gasteiger partial charge in [-0.2, -0.15) is 0 Å². The van der Waals surface area contributed by atoms with Crippen LogP contribution in [0, 0.1) is 5.92 Å². The predicted molar refractivity (Wildman–Crippen MR) is 226 cm³/mol. The number of benzene rings is 5. The molecule has 314 valence electrons. The summed E-state index contributed by atoms with van der Waals surface area (Å²) in [6, 6.07) is 45.5. The second-order valence-corrected chi connectivity index (χ2v) is 17.0. The van der Waals surface area contributed by atoms with E-state index in [0.717, 1.165) is 27.8 Å². The van der Waals surface area contributed by atoms with Gasteiger partial charge in [-0.25, -0.2) is 0 Å². The molecule has 0 amide bonds. The van der Waals surface area contributed by atoms with E-state index in [2.05, 4.69) is 29.2 Å². The minimum absolute atomic E-state index is 0.0539. The monoisotopic (exact) mass is 813 g/mol. The molecule has 3 aliphatic rings. The zero-order valence-corrected chi connectivity index (χ0v) is 34.7. The number of nitrogens with zero attached hydrogens (tertiary/aromatic N) is 1. The topological polar surface area (TPSA) is 105 Å². The van der Waals surface area contributed by atoms with E-state index in [0.29, 0.717) is 44.2 Å². The molecule has 1 N–H and O–H groups in total. The smallest absolute Gasteiger partial charge is 0.323 e. The fraction of sp³-hybridized carbons (Fsp3) is 0.380. The van der Waals surface area contributed by atoms with Crippen LogP contribution in [0.2, 0.25) is 0 Å². The average Bonchev–Trinajstić information content (AvgIpc) is 3.53. The van der Waals surface area contributed by atoms with E-state index in [9.17, 15) is 9.90 Å². The Balaban J connectivity index is 1.09. The number of fused-ring (bicyclic) bond motifs is 3. The van der Waals surface area contributed by atoms with Gasteiger partial charge in [0.25, 0.3) is 0 Å². The molecule has 3 fully saturated rings. The Morgan fingerprint density at radius 2 is 1.22 bits per heavy atom. The highest BCUT2D eigenvalue weighted by Gasteiger charge is 2.65. The fourth-order valence-corrected chi connectivity index (χ4v) is 8.41. The Hall–Kier alpha value is -5.07. The van der Waals surface area contributed by atoms with Gasteiger partial charge in [0, 0.05) is 19.0 Å². The Kier molecular flexibility index (Phi) is 12.7. The number of esters is 1. The van der Waals surface area contributed by atoms with Crippen molar-refractivity contribution in [3.05, 3.63) is 167 Å². The molecule has 0 saturated carbocycles. The van der Waals surface area contributed by atoms with E-state index >= 15 is 0 Å². The largest absolute Gasteiger partial charge is 0.485 e. The molecule has 0 bridgehead atoms. The van der Waals surface area contributed by atoms with E-state index in [-0.39, 0.29) is 18.6 Å². The molecule has 5 aromatic rings. The van der Waals surface area contributed by atoms with Gasteiger partial charge in [0.15, 0.2) is 23.6 Å². The number of rotatable bonds is 17. The molecule has 3 saturated heterocycles. The molecule has 10 nitrogen and oxygen atoms in total. The number of hydrogen-bond donors (Lipinski definition) is 1. The Morgan fingerprint density at radius 1 is 0.683 bits per heavy atom. The maximum absolute atomic E-state index is 14.8. The van der Waals surface area contributed by atoms with Gasteiger partial charge in [-0.1, -0.05) is 127 Å². The summed E-state index contributed by atoms with van der Waals surface area (Å²) in [6.07, 6.45) is -2.37. The maximum Gasteiger partial charge on any atom is 0.323 e. The lowest BCUT2D eigenvalue weighted by Gasteiger charge is -2.57. The second-order valence-electron chi connectivity index (χ2n) is 17.0. The fourth-order valence-electron chi connectivity index (χ4n) is 8.41. The Morgan fingerprint density at radius 3 is 1.77 bits per heavy atom. The quantitative estimate of drug-likeness (QED) is 0.0929. The van der Waals surface area contributed by atoms with E-state index in [1.165, 1.54) is 0 Å². The lowest BCUT2D eigenvalue weighted by molar-refractivity contribution is -0.352. The third-order valence-corrected chi connectivity index (χ3v) is 11.4. The predicted octanol–water partition coefficient (Wildman–Crippen LogP) is 8.03. The van der Waals surface area contributed by atoms with Crippen LogP contribution in [0.25, 0.3) is 0 Å². The van der Waals surface area contributed by atoms with Crippen molar-refractivity contribution in [2.45, 2.75) is 109 Å². The lowest BCUT2D eigenvalue weighted by atomic mass is 9.73. The van der Waals surface area contributed by atoms with E-state index in [1.54, 1.807) is 13.8 Å². The zero-order valence-electron chi connectivity index (χ0n) is 34.7. The van der Waals surface area contributed by atoms with Crippen molar-refractivity contribution in [1.29, 1.82) is 0 Å². The van der Waals surface area contributed by atoms with Crippen LogP contribution in [0.4, 0.5) is 0 Å². The Bertz CT molecular complexity index is 2100. The van der Waals surface area contributed by atoms with Crippen molar-refractivity contribution in [2.75, 3.05) is 6.61 Å². The molecule has 60 heavy (non-hydrogen) atoms. The van der Waals surface area contributed by atoms with Gasteiger partial charge in [-0.15, -0.1) is 0 Å².